The van der Waals surface area contributed by atoms with Gasteiger partial charge in [-0.2, -0.15) is 5.10 Å². The number of hydrogen-bond acceptors (Lipinski definition) is 4. The van der Waals surface area contributed by atoms with Crippen LogP contribution in [0.4, 0.5) is 0 Å². The highest BCUT2D eigenvalue weighted by Gasteiger charge is 2.26. The molecule has 1 N–H and O–H groups in total. The van der Waals surface area contributed by atoms with E-state index in [-0.39, 0.29) is 5.91 Å². The molecule has 2 fully saturated rings. The van der Waals surface area contributed by atoms with Crippen molar-refractivity contribution in [3.05, 3.63) is 76.0 Å². The number of likely N-dealkylation sites (tertiary alicyclic amines) is 2. The molecule has 1 aromatic heterocycles. The van der Waals surface area contributed by atoms with E-state index in [1.165, 1.54) is 51.9 Å². The molecule has 0 bridgehead atoms. The molecular formula is C29H35Cl2N5O. The van der Waals surface area contributed by atoms with Gasteiger partial charge in [0, 0.05) is 30.9 Å². The summed E-state index contributed by atoms with van der Waals surface area (Å²) in [6.45, 7) is 7.15. The van der Waals surface area contributed by atoms with Crippen molar-refractivity contribution in [1.29, 1.82) is 0 Å². The van der Waals surface area contributed by atoms with Gasteiger partial charge in [-0.05, 0) is 88.1 Å². The van der Waals surface area contributed by atoms with Crippen molar-refractivity contribution in [2.75, 3.05) is 32.7 Å². The topological polar surface area (TPSA) is 53.4 Å². The zero-order chi connectivity index (χ0) is 25.6. The molecule has 0 spiro atoms. The van der Waals surface area contributed by atoms with Gasteiger partial charge in [0.25, 0.3) is 5.91 Å². The van der Waals surface area contributed by atoms with Crippen LogP contribution in [0.1, 0.15) is 48.2 Å². The predicted octanol–water partition coefficient (Wildman–Crippen LogP) is 5.74. The van der Waals surface area contributed by atoms with Gasteiger partial charge in [-0.25, -0.2) is 0 Å². The molecule has 5 rings (SSSR count). The van der Waals surface area contributed by atoms with Gasteiger partial charge in [-0.3, -0.25) is 9.48 Å². The molecule has 3 heterocycles. The summed E-state index contributed by atoms with van der Waals surface area (Å²) in [4.78, 5) is 18.4. The van der Waals surface area contributed by atoms with Crippen LogP contribution < -0.4 is 5.32 Å². The Balaban J connectivity index is 1.22. The fourth-order valence-electron chi connectivity index (χ4n) is 5.51. The fraction of sp³-hybridized carbons (Fsp3) is 0.448. The highest BCUT2D eigenvalue weighted by atomic mass is 35.5. The second kappa shape index (κ2) is 12.4. The second-order valence-corrected chi connectivity index (χ2v) is 10.9. The van der Waals surface area contributed by atoms with Gasteiger partial charge >= 0.3 is 0 Å². The van der Waals surface area contributed by atoms with Crippen molar-refractivity contribution in [2.24, 2.45) is 0 Å². The molecule has 2 aromatic carbocycles. The van der Waals surface area contributed by atoms with Crippen LogP contribution in [0.25, 0.3) is 11.1 Å². The van der Waals surface area contributed by atoms with E-state index in [9.17, 15) is 4.79 Å². The van der Waals surface area contributed by atoms with Crippen molar-refractivity contribution < 1.29 is 4.79 Å². The number of carbonyl (C=O) groups excluding carboxylic acids is 1. The molecule has 0 aliphatic carbocycles. The lowest BCUT2D eigenvalue weighted by Crippen LogP contribution is -2.44. The summed E-state index contributed by atoms with van der Waals surface area (Å²) in [5.74, 6) is -0.201. The average Bonchev–Trinajstić information content (AvgIpc) is 3.61. The number of benzene rings is 2. The van der Waals surface area contributed by atoms with Crippen LogP contribution in [0.3, 0.4) is 0 Å². The molecule has 0 atom stereocenters. The molecule has 1 amide bonds. The lowest BCUT2D eigenvalue weighted by atomic mass is 10.0. The summed E-state index contributed by atoms with van der Waals surface area (Å²) < 4.78 is 1.90. The number of carbonyl (C=O) groups is 1. The van der Waals surface area contributed by atoms with E-state index in [0.717, 1.165) is 42.2 Å². The van der Waals surface area contributed by atoms with Crippen LogP contribution in [0.5, 0.6) is 0 Å². The van der Waals surface area contributed by atoms with E-state index in [2.05, 4.69) is 15.1 Å². The van der Waals surface area contributed by atoms with Gasteiger partial charge in [0.1, 0.15) is 0 Å². The summed E-state index contributed by atoms with van der Waals surface area (Å²) in [7, 11) is 0. The lowest BCUT2D eigenvalue weighted by molar-refractivity contribution is 0.0945. The van der Waals surface area contributed by atoms with Crippen molar-refractivity contribution in [3.8, 4) is 11.1 Å². The standard InChI is InChI=1S/C29H35Cl2N5O/c30-26-10-9-23(19-27(26)31)25-21-36(33-28(25)29(37)32-20-22-7-2-1-3-8-22)16-6-13-34-17-11-24(12-18-34)35-14-4-5-15-35/h1-3,7-10,19,21,24H,4-6,11-18,20H2,(H,32,37). The second-order valence-electron chi connectivity index (χ2n) is 10.1. The van der Waals surface area contributed by atoms with Crippen molar-refractivity contribution >= 4 is 29.1 Å². The zero-order valence-electron chi connectivity index (χ0n) is 21.2. The molecule has 0 unspecified atom stereocenters. The monoisotopic (exact) mass is 539 g/mol. The van der Waals surface area contributed by atoms with E-state index >= 15 is 0 Å². The number of nitrogens with one attached hydrogen (secondary N) is 1. The molecule has 0 saturated carbocycles. The van der Waals surface area contributed by atoms with E-state index in [1.54, 1.807) is 12.1 Å². The summed E-state index contributed by atoms with van der Waals surface area (Å²) in [5.41, 5.74) is 3.03. The Morgan fingerprint density at radius 1 is 0.946 bits per heavy atom. The third kappa shape index (κ3) is 6.74. The maximum atomic E-state index is 13.2. The quantitative estimate of drug-likeness (QED) is 0.376. The third-order valence-corrected chi connectivity index (χ3v) is 8.32. The highest BCUT2D eigenvalue weighted by Crippen LogP contribution is 2.30. The average molecular weight is 541 g/mol. The number of rotatable bonds is 9. The van der Waals surface area contributed by atoms with Gasteiger partial charge in [0.2, 0.25) is 0 Å². The Labute approximate surface area is 229 Å². The summed E-state index contributed by atoms with van der Waals surface area (Å²) in [6.07, 6.45) is 8.21. The van der Waals surface area contributed by atoms with E-state index in [4.69, 9.17) is 28.3 Å². The van der Waals surface area contributed by atoms with Crippen molar-refractivity contribution in [2.45, 2.75) is 51.2 Å². The summed E-state index contributed by atoms with van der Waals surface area (Å²) >= 11 is 12.4. The number of aryl methyl sites for hydroxylation is 1. The zero-order valence-corrected chi connectivity index (χ0v) is 22.7. The van der Waals surface area contributed by atoms with Gasteiger partial charge in [0.15, 0.2) is 5.69 Å². The van der Waals surface area contributed by atoms with Crippen LogP contribution in [0, 0.1) is 0 Å². The first kappa shape index (κ1) is 26.2. The minimum atomic E-state index is -0.201. The Morgan fingerprint density at radius 3 is 2.43 bits per heavy atom. The summed E-state index contributed by atoms with van der Waals surface area (Å²) in [6, 6.07) is 16.1. The van der Waals surface area contributed by atoms with Crippen molar-refractivity contribution in [3.63, 3.8) is 0 Å². The number of aromatic nitrogens is 2. The Morgan fingerprint density at radius 2 is 1.70 bits per heavy atom. The first-order chi connectivity index (χ1) is 18.1. The van der Waals surface area contributed by atoms with Gasteiger partial charge in [-0.1, -0.05) is 59.6 Å². The SMILES string of the molecule is O=C(NCc1ccccc1)c1nn(CCCN2CCC(N3CCCC3)CC2)cc1-c1ccc(Cl)c(Cl)c1. The largest absolute Gasteiger partial charge is 0.347 e. The number of nitrogens with zero attached hydrogens (tertiary/aromatic N) is 4. The molecular weight excluding hydrogens is 505 g/mol. The Hall–Kier alpha value is -2.38. The molecule has 3 aromatic rings. The molecule has 6 nitrogen and oxygen atoms in total. The van der Waals surface area contributed by atoms with Crippen LogP contribution >= 0.6 is 23.2 Å². The predicted molar refractivity (Wildman–Crippen MR) is 150 cm³/mol. The molecule has 196 valence electrons. The molecule has 2 aliphatic heterocycles. The van der Waals surface area contributed by atoms with Gasteiger partial charge in [-0.15, -0.1) is 0 Å². The first-order valence-electron chi connectivity index (χ1n) is 13.4. The summed E-state index contributed by atoms with van der Waals surface area (Å²) in [5, 5.41) is 8.66. The Kier molecular flexibility index (Phi) is 8.82. The van der Waals surface area contributed by atoms with E-state index in [1.807, 2.05) is 47.3 Å². The fourth-order valence-corrected chi connectivity index (χ4v) is 5.81. The normalized spacial score (nSPS) is 17.4. The number of halogens is 2. The minimum Gasteiger partial charge on any atom is -0.347 e. The molecule has 0 radical (unpaired) electrons. The van der Waals surface area contributed by atoms with Gasteiger partial charge < -0.3 is 15.1 Å². The maximum absolute atomic E-state index is 13.2. The van der Waals surface area contributed by atoms with E-state index < -0.39 is 0 Å². The van der Waals surface area contributed by atoms with Crippen LogP contribution in [-0.2, 0) is 13.1 Å². The number of amides is 1. The van der Waals surface area contributed by atoms with Crippen molar-refractivity contribution in [1.82, 2.24) is 24.9 Å². The smallest absolute Gasteiger partial charge is 0.272 e. The first-order valence-corrected chi connectivity index (χ1v) is 14.1. The van der Waals surface area contributed by atoms with Crippen LogP contribution in [0.15, 0.2) is 54.7 Å². The van der Waals surface area contributed by atoms with E-state index in [0.29, 0.717) is 22.3 Å². The molecule has 37 heavy (non-hydrogen) atoms. The lowest BCUT2D eigenvalue weighted by Gasteiger charge is -2.36. The molecule has 2 saturated heterocycles. The highest BCUT2D eigenvalue weighted by molar-refractivity contribution is 6.42. The number of hydrogen-bond donors (Lipinski definition) is 1. The third-order valence-electron chi connectivity index (χ3n) is 7.58. The van der Waals surface area contributed by atoms with Crippen LogP contribution in [-0.4, -0.2) is 64.3 Å². The molecule has 8 heteroatoms. The number of piperidine rings is 1. The van der Waals surface area contributed by atoms with Crippen LogP contribution in [0.2, 0.25) is 10.0 Å². The minimum absolute atomic E-state index is 0.201. The van der Waals surface area contributed by atoms with Gasteiger partial charge in [0.05, 0.1) is 10.0 Å². The molecule has 2 aliphatic rings. The Bertz CT molecular complexity index is 1180. The maximum Gasteiger partial charge on any atom is 0.272 e.